The summed E-state index contributed by atoms with van der Waals surface area (Å²) in [6.07, 6.45) is 0.755. The molecule has 2 amide bonds. The second-order valence-electron chi connectivity index (χ2n) is 3.51. The topological polar surface area (TPSA) is 66.5 Å². The van der Waals surface area contributed by atoms with Gasteiger partial charge in [0.2, 0.25) is 11.8 Å². The summed E-state index contributed by atoms with van der Waals surface area (Å²) in [5.41, 5.74) is 0. The molecule has 0 spiro atoms. The third-order valence-electron chi connectivity index (χ3n) is 2.44. The van der Waals surface area contributed by atoms with Crippen molar-refractivity contribution in [3.63, 3.8) is 0 Å². The molecule has 1 aliphatic rings. The zero-order chi connectivity index (χ0) is 11.7. The van der Waals surface area contributed by atoms with Crippen LogP contribution in [0.2, 0.25) is 0 Å². The number of nitrogens with zero attached hydrogens (tertiary/aromatic N) is 1. The number of carbonyl (C=O) groups is 3. The fraction of sp³-hybridized carbons (Fsp3) is 0.300. The van der Waals surface area contributed by atoms with Crippen LogP contribution in [0.5, 0.6) is 0 Å². The van der Waals surface area contributed by atoms with Gasteiger partial charge in [0.15, 0.2) is 6.29 Å². The van der Waals surface area contributed by atoms with Crippen molar-refractivity contribution in [2.45, 2.75) is 13.0 Å². The van der Waals surface area contributed by atoms with Gasteiger partial charge in [-0.2, -0.15) is 0 Å². The van der Waals surface area contributed by atoms with Gasteiger partial charge in [0.1, 0.15) is 6.04 Å². The monoisotopic (exact) mass is 238 g/mol. The highest BCUT2D eigenvalue weighted by Crippen LogP contribution is 2.27. The first-order valence-electron chi connectivity index (χ1n) is 4.77. The van der Waals surface area contributed by atoms with Crippen molar-refractivity contribution in [1.82, 2.24) is 5.32 Å². The van der Waals surface area contributed by atoms with Crippen molar-refractivity contribution >= 4 is 34.4 Å². The Morgan fingerprint density at radius 1 is 1.50 bits per heavy atom. The van der Waals surface area contributed by atoms with Crippen LogP contribution in [-0.2, 0) is 9.59 Å². The van der Waals surface area contributed by atoms with Crippen LogP contribution in [0.1, 0.15) is 16.6 Å². The van der Waals surface area contributed by atoms with Crippen molar-refractivity contribution in [3.8, 4) is 0 Å². The summed E-state index contributed by atoms with van der Waals surface area (Å²) in [7, 11) is 0. The van der Waals surface area contributed by atoms with E-state index in [2.05, 4.69) is 5.32 Å². The summed E-state index contributed by atoms with van der Waals surface area (Å²) < 4.78 is 0. The van der Waals surface area contributed by atoms with Crippen LogP contribution in [0.25, 0.3) is 0 Å². The molecule has 1 unspecified atom stereocenters. The van der Waals surface area contributed by atoms with E-state index in [1.807, 2.05) is 0 Å². The Hall–Kier alpha value is -1.69. The molecule has 0 bridgehead atoms. The van der Waals surface area contributed by atoms with Crippen molar-refractivity contribution < 1.29 is 14.4 Å². The lowest BCUT2D eigenvalue weighted by atomic mass is 10.2. The highest BCUT2D eigenvalue weighted by Gasteiger charge is 2.30. The number of anilines is 1. The quantitative estimate of drug-likeness (QED) is 0.598. The molecule has 1 aliphatic heterocycles. The van der Waals surface area contributed by atoms with E-state index < -0.39 is 6.04 Å². The molecule has 1 atom stereocenters. The van der Waals surface area contributed by atoms with Crippen LogP contribution < -0.4 is 10.2 Å². The molecule has 0 saturated carbocycles. The zero-order valence-corrected chi connectivity index (χ0v) is 9.41. The molecule has 2 heterocycles. The lowest BCUT2D eigenvalue weighted by Gasteiger charge is -2.32. The maximum Gasteiger partial charge on any atom is 0.249 e. The molecule has 16 heavy (non-hydrogen) atoms. The highest BCUT2D eigenvalue weighted by atomic mass is 32.1. The molecule has 0 aromatic carbocycles. The van der Waals surface area contributed by atoms with E-state index in [1.165, 1.54) is 11.3 Å². The zero-order valence-electron chi connectivity index (χ0n) is 8.60. The first-order chi connectivity index (χ1) is 7.61. The first kappa shape index (κ1) is 10.8. The Morgan fingerprint density at radius 2 is 2.25 bits per heavy atom. The average molecular weight is 238 g/mol. The van der Waals surface area contributed by atoms with Crippen LogP contribution >= 0.6 is 11.3 Å². The largest absolute Gasteiger partial charge is 0.342 e. The van der Waals surface area contributed by atoms with Crippen molar-refractivity contribution in [2.24, 2.45) is 0 Å². The third kappa shape index (κ3) is 1.83. The minimum Gasteiger partial charge on any atom is -0.342 e. The molecule has 0 aliphatic carbocycles. The number of carbonyl (C=O) groups excluding carboxylic acids is 3. The predicted molar refractivity (Wildman–Crippen MR) is 59.7 cm³/mol. The van der Waals surface area contributed by atoms with Gasteiger partial charge in [0.05, 0.1) is 16.4 Å². The predicted octanol–water partition coefficient (Wildman–Crippen LogP) is 0.412. The Morgan fingerprint density at radius 3 is 2.88 bits per heavy atom. The standard InChI is InChI=1S/C10H10N2O3S/c1-6-10(15)11-8(14)4-12(6)9-3-2-7(5-13)16-9/h2-3,5-6H,4H2,1H3,(H,11,14,15). The van der Waals surface area contributed by atoms with E-state index in [4.69, 9.17) is 0 Å². The molecule has 5 nitrogen and oxygen atoms in total. The minimum atomic E-state index is -0.393. The maximum atomic E-state index is 11.4. The molecule has 0 radical (unpaired) electrons. The number of amides is 2. The normalized spacial score (nSPS) is 20.8. The molecule has 1 aromatic heterocycles. The van der Waals surface area contributed by atoms with E-state index >= 15 is 0 Å². The summed E-state index contributed by atoms with van der Waals surface area (Å²) in [4.78, 5) is 35.5. The van der Waals surface area contributed by atoms with Gasteiger partial charge in [-0.3, -0.25) is 19.7 Å². The molecule has 84 valence electrons. The number of aldehydes is 1. The number of hydrogen-bond acceptors (Lipinski definition) is 5. The molecule has 6 heteroatoms. The first-order valence-corrected chi connectivity index (χ1v) is 5.59. The Kier molecular flexibility index (Phi) is 2.74. The number of nitrogens with one attached hydrogen (secondary N) is 1. The van der Waals surface area contributed by atoms with E-state index in [0.29, 0.717) is 4.88 Å². The number of thiophene rings is 1. The molecule has 1 N–H and O–H groups in total. The smallest absolute Gasteiger partial charge is 0.249 e. The van der Waals surface area contributed by atoms with Crippen LogP contribution in [0.3, 0.4) is 0 Å². The van der Waals surface area contributed by atoms with E-state index in [-0.39, 0.29) is 18.4 Å². The van der Waals surface area contributed by atoms with Crippen molar-refractivity contribution in [3.05, 3.63) is 17.0 Å². The lowest BCUT2D eigenvalue weighted by Crippen LogP contribution is -2.56. The molecule has 1 fully saturated rings. The fourth-order valence-corrected chi connectivity index (χ4v) is 2.44. The van der Waals surface area contributed by atoms with Gasteiger partial charge >= 0.3 is 0 Å². The summed E-state index contributed by atoms with van der Waals surface area (Å²) in [5, 5.41) is 3.03. The Labute approximate surface area is 96.0 Å². The van der Waals surface area contributed by atoms with Crippen molar-refractivity contribution in [2.75, 3.05) is 11.4 Å². The number of piperazine rings is 1. The highest BCUT2D eigenvalue weighted by molar-refractivity contribution is 7.17. The summed E-state index contributed by atoms with van der Waals surface area (Å²) in [6, 6.07) is 3.03. The number of imide groups is 1. The van der Waals surface area contributed by atoms with E-state index in [0.717, 1.165) is 11.3 Å². The SMILES string of the molecule is CC1C(=O)NC(=O)CN1c1ccc(C=O)s1. The Bertz CT molecular complexity index is 455. The summed E-state index contributed by atoms with van der Waals surface area (Å²) in [6.45, 7) is 1.87. The van der Waals surface area contributed by atoms with E-state index in [1.54, 1.807) is 24.0 Å². The lowest BCUT2D eigenvalue weighted by molar-refractivity contribution is -0.132. The molecule has 1 saturated heterocycles. The molecular weight excluding hydrogens is 228 g/mol. The minimum absolute atomic E-state index is 0.145. The average Bonchev–Trinajstić information content (AvgIpc) is 2.71. The van der Waals surface area contributed by atoms with Crippen LogP contribution in [0.4, 0.5) is 5.00 Å². The van der Waals surface area contributed by atoms with Gasteiger partial charge in [-0.05, 0) is 19.1 Å². The van der Waals surface area contributed by atoms with Gasteiger partial charge in [0, 0.05) is 0 Å². The van der Waals surface area contributed by atoms with Crippen LogP contribution in [0.15, 0.2) is 12.1 Å². The third-order valence-corrected chi connectivity index (χ3v) is 3.48. The Balaban J connectivity index is 2.27. The number of hydrogen-bond donors (Lipinski definition) is 1. The summed E-state index contributed by atoms with van der Waals surface area (Å²) >= 11 is 1.27. The number of rotatable bonds is 2. The molecular formula is C10H10N2O3S. The fourth-order valence-electron chi connectivity index (χ4n) is 1.54. The van der Waals surface area contributed by atoms with E-state index in [9.17, 15) is 14.4 Å². The van der Waals surface area contributed by atoms with Crippen LogP contribution in [-0.4, -0.2) is 30.7 Å². The van der Waals surface area contributed by atoms with Crippen molar-refractivity contribution in [1.29, 1.82) is 0 Å². The second kappa shape index (κ2) is 4.05. The van der Waals surface area contributed by atoms with Gasteiger partial charge in [-0.15, -0.1) is 11.3 Å². The van der Waals surface area contributed by atoms with Gasteiger partial charge in [0.25, 0.3) is 0 Å². The molecule has 2 rings (SSSR count). The van der Waals surface area contributed by atoms with Gasteiger partial charge < -0.3 is 4.90 Å². The van der Waals surface area contributed by atoms with Crippen LogP contribution in [0, 0.1) is 0 Å². The summed E-state index contributed by atoms with van der Waals surface area (Å²) in [5.74, 6) is -0.624. The maximum absolute atomic E-state index is 11.4. The van der Waals surface area contributed by atoms with Gasteiger partial charge in [-0.25, -0.2) is 0 Å². The van der Waals surface area contributed by atoms with Gasteiger partial charge in [-0.1, -0.05) is 0 Å². The molecule has 1 aromatic rings. The second-order valence-corrected chi connectivity index (χ2v) is 4.60.